The normalized spacial score (nSPS) is 17.4. The lowest BCUT2D eigenvalue weighted by Crippen LogP contribution is -2.43. The van der Waals surface area contributed by atoms with Crippen molar-refractivity contribution in [3.8, 4) is 5.75 Å². The Morgan fingerprint density at radius 1 is 0.844 bits per heavy atom. The molecule has 1 fully saturated rings. The Labute approximate surface area is 192 Å². The lowest BCUT2D eigenvalue weighted by molar-refractivity contribution is -0.0144. The largest absolute Gasteiger partial charge is 0.497 e. The van der Waals surface area contributed by atoms with Gasteiger partial charge >= 0.3 is 0 Å². The smallest absolute Gasteiger partial charge is 0.118 e. The van der Waals surface area contributed by atoms with Crippen LogP contribution in [0.2, 0.25) is 0 Å². The summed E-state index contributed by atoms with van der Waals surface area (Å²) in [6.07, 6.45) is 5.28. The molecular formula is C29H35NO2. The fourth-order valence-electron chi connectivity index (χ4n) is 5.00. The van der Waals surface area contributed by atoms with Crippen LogP contribution in [-0.2, 0) is 12.0 Å². The predicted octanol–water partition coefficient (Wildman–Crippen LogP) is 5.79. The van der Waals surface area contributed by atoms with E-state index in [2.05, 4.69) is 59.5 Å². The minimum Gasteiger partial charge on any atom is -0.497 e. The number of benzene rings is 3. The number of piperidine rings is 1. The van der Waals surface area contributed by atoms with Gasteiger partial charge in [-0.2, -0.15) is 0 Å². The van der Waals surface area contributed by atoms with Crippen LogP contribution in [0, 0.1) is 0 Å². The molecule has 1 aliphatic rings. The monoisotopic (exact) mass is 429 g/mol. The van der Waals surface area contributed by atoms with Crippen LogP contribution >= 0.6 is 0 Å². The molecule has 0 unspecified atom stereocenters. The highest BCUT2D eigenvalue weighted by Gasteiger charge is 2.40. The average Bonchev–Trinajstić information content (AvgIpc) is 2.88. The quantitative estimate of drug-likeness (QED) is 0.468. The highest BCUT2D eigenvalue weighted by molar-refractivity contribution is 5.36. The first-order valence-electron chi connectivity index (χ1n) is 11.9. The summed E-state index contributed by atoms with van der Waals surface area (Å²) in [5.74, 6) is 0.797. The Morgan fingerprint density at radius 2 is 1.47 bits per heavy atom. The Bertz CT molecular complexity index is 936. The van der Waals surface area contributed by atoms with E-state index >= 15 is 0 Å². The topological polar surface area (TPSA) is 32.7 Å². The van der Waals surface area contributed by atoms with E-state index in [4.69, 9.17) is 4.74 Å². The third-order valence-electron chi connectivity index (χ3n) is 6.90. The van der Waals surface area contributed by atoms with E-state index in [0.717, 1.165) is 37.4 Å². The molecule has 3 aromatic carbocycles. The molecule has 3 heteroatoms. The van der Waals surface area contributed by atoms with Gasteiger partial charge < -0.3 is 14.7 Å². The number of nitrogens with zero attached hydrogens (tertiary/aromatic N) is 1. The number of ether oxygens (including phenoxy) is 1. The molecular weight excluding hydrogens is 394 g/mol. The van der Waals surface area contributed by atoms with Crippen molar-refractivity contribution in [2.45, 2.75) is 43.6 Å². The van der Waals surface area contributed by atoms with Gasteiger partial charge in [-0.1, -0.05) is 79.2 Å². The van der Waals surface area contributed by atoms with E-state index in [1.54, 1.807) is 7.11 Å². The molecule has 0 bridgehead atoms. The lowest BCUT2D eigenvalue weighted by Gasteiger charge is -2.41. The molecule has 2 atom stereocenters. The standard InChI is InChI=1S/C29H35NO2/c1-32-27-17-15-26(16-18-27)29(31,20-19-24-11-5-2-6-12-24)28(25-13-7-3-8-14-25)23-30-21-9-4-10-22-30/h2-3,5-8,11-18,28,31H,4,9-10,19-23H2,1H3/t28-,29+/m1/s1. The Balaban J connectivity index is 1.71. The second kappa shape index (κ2) is 10.8. The fraction of sp³-hybridized carbons (Fsp3) is 0.379. The molecule has 0 saturated carbocycles. The molecule has 0 spiro atoms. The average molecular weight is 430 g/mol. The molecule has 0 amide bonds. The maximum Gasteiger partial charge on any atom is 0.118 e. The highest BCUT2D eigenvalue weighted by Crippen LogP contribution is 2.42. The van der Waals surface area contributed by atoms with Crippen LogP contribution in [0.3, 0.4) is 0 Å². The molecule has 1 saturated heterocycles. The van der Waals surface area contributed by atoms with Crippen molar-refractivity contribution < 1.29 is 9.84 Å². The molecule has 0 aliphatic carbocycles. The number of aliphatic hydroxyl groups is 1. The molecule has 1 heterocycles. The van der Waals surface area contributed by atoms with Crippen molar-refractivity contribution in [2.75, 3.05) is 26.7 Å². The summed E-state index contributed by atoms with van der Waals surface area (Å²) in [5, 5.41) is 12.5. The van der Waals surface area contributed by atoms with E-state index in [0.29, 0.717) is 6.42 Å². The van der Waals surface area contributed by atoms with Gasteiger partial charge in [0.25, 0.3) is 0 Å². The summed E-state index contributed by atoms with van der Waals surface area (Å²) < 4.78 is 5.39. The van der Waals surface area contributed by atoms with Crippen molar-refractivity contribution in [1.82, 2.24) is 4.90 Å². The Morgan fingerprint density at radius 3 is 2.09 bits per heavy atom. The van der Waals surface area contributed by atoms with Crippen LogP contribution in [0.4, 0.5) is 0 Å². The zero-order valence-electron chi connectivity index (χ0n) is 19.1. The van der Waals surface area contributed by atoms with Crippen LogP contribution < -0.4 is 4.74 Å². The summed E-state index contributed by atoms with van der Waals surface area (Å²) in [7, 11) is 1.68. The van der Waals surface area contributed by atoms with Crippen LogP contribution in [0.25, 0.3) is 0 Å². The highest BCUT2D eigenvalue weighted by atomic mass is 16.5. The Hall–Kier alpha value is -2.62. The van der Waals surface area contributed by atoms with E-state index in [1.807, 2.05) is 30.3 Å². The first-order valence-corrected chi connectivity index (χ1v) is 11.9. The van der Waals surface area contributed by atoms with Crippen LogP contribution in [0.5, 0.6) is 5.75 Å². The van der Waals surface area contributed by atoms with E-state index in [1.165, 1.54) is 30.4 Å². The number of likely N-dealkylation sites (tertiary alicyclic amines) is 1. The molecule has 168 valence electrons. The number of rotatable bonds is 9. The zero-order chi connectivity index (χ0) is 22.2. The van der Waals surface area contributed by atoms with Crippen molar-refractivity contribution in [1.29, 1.82) is 0 Å². The van der Waals surface area contributed by atoms with Crippen LogP contribution in [0.15, 0.2) is 84.9 Å². The van der Waals surface area contributed by atoms with Gasteiger partial charge in [0.2, 0.25) is 0 Å². The van der Waals surface area contributed by atoms with Gasteiger partial charge in [0.1, 0.15) is 5.75 Å². The third-order valence-corrected chi connectivity index (χ3v) is 6.90. The maximum absolute atomic E-state index is 12.5. The molecule has 3 nitrogen and oxygen atoms in total. The number of hydrogen-bond donors (Lipinski definition) is 1. The van der Waals surface area contributed by atoms with Gasteiger partial charge in [0.05, 0.1) is 12.7 Å². The number of hydrogen-bond acceptors (Lipinski definition) is 3. The van der Waals surface area contributed by atoms with Gasteiger partial charge in [0, 0.05) is 12.5 Å². The van der Waals surface area contributed by atoms with Crippen LogP contribution in [-0.4, -0.2) is 36.8 Å². The van der Waals surface area contributed by atoms with Gasteiger partial charge in [-0.05, 0) is 67.6 Å². The third kappa shape index (κ3) is 5.40. The predicted molar refractivity (Wildman–Crippen MR) is 131 cm³/mol. The summed E-state index contributed by atoms with van der Waals surface area (Å²) in [4.78, 5) is 2.54. The SMILES string of the molecule is COc1ccc([C@@](O)(CCc2ccccc2)[C@H](CN2CCCCC2)c2ccccc2)cc1. The van der Waals surface area contributed by atoms with E-state index < -0.39 is 5.60 Å². The van der Waals surface area contributed by atoms with Gasteiger partial charge in [-0.25, -0.2) is 0 Å². The van der Waals surface area contributed by atoms with Gasteiger partial charge in [0.15, 0.2) is 0 Å². The Kier molecular flexibility index (Phi) is 7.62. The van der Waals surface area contributed by atoms with Crippen molar-refractivity contribution >= 4 is 0 Å². The molecule has 0 aromatic heterocycles. The summed E-state index contributed by atoms with van der Waals surface area (Å²) in [6.45, 7) is 3.09. The zero-order valence-corrected chi connectivity index (χ0v) is 19.1. The van der Waals surface area contributed by atoms with Gasteiger partial charge in [-0.15, -0.1) is 0 Å². The second-order valence-electron chi connectivity index (χ2n) is 8.96. The molecule has 0 radical (unpaired) electrons. The molecule has 1 aliphatic heterocycles. The van der Waals surface area contributed by atoms with Crippen LogP contribution in [0.1, 0.15) is 48.3 Å². The first-order chi connectivity index (χ1) is 15.7. The minimum atomic E-state index is -0.985. The number of methoxy groups -OCH3 is 1. The summed E-state index contributed by atoms with van der Waals surface area (Å²) in [6, 6.07) is 29.1. The summed E-state index contributed by atoms with van der Waals surface area (Å²) >= 11 is 0. The van der Waals surface area contributed by atoms with Gasteiger partial charge in [-0.3, -0.25) is 0 Å². The fourth-order valence-corrected chi connectivity index (χ4v) is 5.00. The second-order valence-corrected chi connectivity index (χ2v) is 8.96. The molecule has 4 rings (SSSR count). The van der Waals surface area contributed by atoms with E-state index in [9.17, 15) is 5.11 Å². The molecule has 3 aromatic rings. The van der Waals surface area contributed by atoms with Crippen molar-refractivity contribution in [3.05, 3.63) is 102 Å². The lowest BCUT2D eigenvalue weighted by atomic mass is 9.73. The minimum absolute atomic E-state index is 0.0149. The maximum atomic E-state index is 12.5. The van der Waals surface area contributed by atoms with E-state index in [-0.39, 0.29) is 5.92 Å². The summed E-state index contributed by atoms with van der Waals surface area (Å²) in [5.41, 5.74) is 2.43. The van der Waals surface area contributed by atoms with Crippen molar-refractivity contribution in [2.24, 2.45) is 0 Å². The first kappa shape index (κ1) is 22.6. The number of aryl methyl sites for hydroxylation is 1. The molecule has 32 heavy (non-hydrogen) atoms. The molecule has 1 N–H and O–H groups in total. The van der Waals surface area contributed by atoms with Crippen molar-refractivity contribution in [3.63, 3.8) is 0 Å².